The molecule has 0 aliphatic carbocycles. The van der Waals surface area contributed by atoms with Gasteiger partial charge in [0, 0.05) is 12.8 Å². The second-order valence-electron chi connectivity index (χ2n) is 6.88. The van der Waals surface area contributed by atoms with E-state index in [0.29, 0.717) is 18.5 Å². The molecule has 0 aromatic rings. The highest BCUT2D eigenvalue weighted by Gasteiger charge is 2.09. The van der Waals surface area contributed by atoms with Crippen molar-refractivity contribution in [1.82, 2.24) is 0 Å². The summed E-state index contributed by atoms with van der Waals surface area (Å²) in [5, 5.41) is 19.6. The van der Waals surface area contributed by atoms with Gasteiger partial charge in [-0.25, -0.2) is 0 Å². The summed E-state index contributed by atoms with van der Waals surface area (Å²) in [6, 6.07) is 0. The van der Waals surface area contributed by atoms with Gasteiger partial charge in [-0.15, -0.1) is 0 Å². The monoisotopic (exact) mass is 355 g/mol. The van der Waals surface area contributed by atoms with Crippen LogP contribution in [0.1, 0.15) is 110 Å². The molecule has 0 aromatic carbocycles. The van der Waals surface area contributed by atoms with E-state index in [0.717, 1.165) is 44.9 Å². The molecule has 0 saturated carbocycles. The highest BCUT2D eigenvalue weighted by atomic mass is 16.6. The zero-order chi connectivity index (χ0) is 18.8. The maximum absolute atomic E-state index is 11.1. The summed E-state index contributed by atoms with van der Waals surface area (Å²) in [7, 11) is 0. The fourth-order valence-electron chi connectivity index (χ4n) is 2.93. The largest absolute Gasteiger partial charge is 0.481 e. The van der Waals surface area contributed by atoms with Crippen LogP contribution in [-0.2, 0) is 4.79 Å². The summed E-state index contributed by atoms with van der Waals surface area (Å²) in [6.07, 6.45) is 17.6. The Morgan fingerprint density at radius 2 is 1.32 bits per heavy atom. The first-order valence-electron chi connectivity index (χ1n) is 10.1. The van der Waals surface area contributed by atoms with Crippen molar-refractivity contribution in [3.05, 3.63) is 21.9 Å². The summed E-state index contributed by atoms with van der Waals surface area (Å²) >= 11 is 0. The Labute approximate surface area is 153 Å². The van der Waals surface area contributed by atoms with Crippen molar-refractivity contribution in [1.29, 1.82) is 0 Å². The Morgan fingerprint density at radius 3 is 1.84 bits per heavy atom. The zero-order valence-electron chi connectivity index (χ0n) is 16.0. The van der Waals surface area contributed by atoms with Crippen LogP contribution < -0.4 is 0 Å². The molecule has 0 amide bonds. The van der Waals surface area contributed by atoms with Crippen LogP contribution in [0.2, 0.25) is 0 Å². The lowest BCUT2D eigenvalue weighted by molar-refractivity contribution is -0.428. The molecule has 146 valence electrons. The Bertz CT molecular complexity index is 380. The molecular weight excluding hydrogens is 318 g/mol. The van der Waals surface area contributed by atoms with Crippen LogP contribution in [0.3, 0.4) is 0 Å². The topological polar surface area (TPSA) is 80.4 Å². The van der Waals surface area contributed by atoms with Crippen LogP contribution in [0.15, 0.2) is 11.8 Å². The zero-order valence-corrected chi connectivity index (χ0v) is 16.0. The summed E-state index contributed by atoms with van der Waals surface area (Å²) in [5.41, 5.74) is 0.355. The van der Waals surface area contributed by atoms with Gasteiger partial charge in [-0.2, -0.15) is 0 Å². The number of carboxylic acids is 1. The number of rotatable bonds is 18. The molecule has 0 aliphatic heterocycles. The molecule has 0 unspecified atom stereocenters. The third kappa shape index (κ3) is 17.2. The van der Waals surface area contributed by atoms with Gasteiger partial charge >= 0.3 is 5.97 Å². The fraction of sp³-hybridized carbons (Fsp3) is 0.850. The number of unbranched alkanes of at least 4 members (excludes halogenated alkanes) is 12. The van der Waals surface area contributed by atoms with Gasteiger partial charge in [-0.3, -0.25) is 14.9 Å². The molecule has 0 aromatic heterocycles. The van der Waals surface area contributed by atoms with Gasteiger partial charge in [0.25, 0.3) is 0 Å². The van der Waals surface area contributed by atoms with Gasteiger partial charge in [0.15, 0.2) is 0 Å². The quantitative estimate of drug-likeness (QED) is 0.173. The van der Waals surface area contributed by atoms with Gasteiger partial charge in [0.2, 0.25) is 5.70 Å². The van der Waals surface area contributed by atoms with E-state index in [1.165, 1.54) is 38.5 Å². The number of hydrogen-bond donors (Lipinski definition) is 1. The van der Waals surface area contributed by atoms with Crippen LogP contribution in [-0.4, -0.2) is 16.0 Å². The van der Waals surface area contributed by atoms with Crippen molar-refractivity contribution in [2.24, 2.45) is 0 Å². The summed E-state index contributed by atoms with van der Waals surface area (Å²) < 4.78 is 0. The summed E-state index contributed by atoms with van der Waals surface area (Å²) in [4.78, 5) is 21.2. The summed E-state index contributed by atoms with van der Waals surface area (Å²) in [5.74, 6) is -0.750. The maximum Gasteiger partial charge on any atom is 0.303 e. The Hall–Kier alpha value is -1.39. The molecule has 0 spiro atoms. The Morgan fingerprint density at radius 1 is 0.840 bits per heavy atom. The van der Waals surface area contributed by atoms with E-state index >= 15 is 0 Å². The number of carboxylic acid groups (broad SMARTS) is 1. The van der Waals surface area contributed by atoms with E-state index in [-0.39, 0.29) is 11.3 Å². The predicted octanol–water partition coefficient (Wildman–Crippen LogP) is 6.49. The molecule has 0 atom stereocenters. The minimum Gasteiger partial charge on any atom is -0.481 e. The number of nitro groups is 1. The molecule has 0 heterocycles. The molecule has 0 aliphatic rings. The highest BCUT2D eigenvalue weighted by molar-refractivity contribution is 5.66. The molecule has 0 bridgehead atoms. The van der Waals surface area contributed by atoms with Crippen molar-refractivity contribution in [3.8, 4) is 0 Å². The van der Waals surface area contributed by atoms with Gasteiger partial charge in [0.1, 0.15) is 0 Å². The first-order chi connectivity index (χ1) is 12.1. The summed E-state index contributed by atoms with van der Waals surface area (Å²) in [6.45, 7) is 2.22. The van der Waals surface area contributed by atoms with Gasteiger partial charge in [-0.05, 0) is 31.8 Å². The molecule has 0 fully saturated rings. The standard InChI is InChI=1S/C20H37NO4/c1-2-3-4-5-6-7-8-10-13-16-19(21(24)25)17-14-11-9-12-15-18-20(22)23/h16H,2-15,17-18H2,1H3,(H,22,23)/b19-16+. The molecule has 0 rings (SSSR count). The van der Waals surface area contributed by atoms with E-state index in [1.807, 2.05) is 6.08 Å². The average molecular weight is 356 g/mol. The molecule has 0 radical (unpaired) electrons. The van der Waals surface area contributed by atoms with Crippen molar-refractivity contribution < 1.29 is 14.8 Å². The minimum absolute atomic E-state index is 0.221. The van der Waals surface area contributed by atoms with Gasteiger partial charge in [0.05, 0.1) is 4.92 Å². The normalized spacial score (nSPS) is 11.6. The lowest BCUT2D eigenvalue weighted by Gasteiger charge is -2.02. The molecule has 5 nitrogen and oxygen atoms in total. The maximum atomic E-state index is 11.1. The third-order valence-corrected chi connectivity index (χ3v) is 4.50. The van der Waals surface area contributed by atoms with Crippen LogP contribution >= 0.6 is 0 Å². The number of carbonyl (C=O) groups is 1. The van der Waals surface area contributed by atoms with Crippen LogP contribution in [0, 0.1) is 10.1 Å². The van der Waals surface area contributed by atoms with Gasteiger partial charge < -0.3 is 5.11 Å². The van der Waals surface area contributed by atoms with E-state index in [9.17, 15) is 14.9 Å². The number of hydrogen-bond acceptors (Lipinski definition) is 3. The Balaban J connectivity index is 3.66. The van der Waals surface area contributed by atoms with Crippen molar-refractivity contribution in [3.63, 3.8) is 0 Å². The van der Waals surface area contributed by atoms with Gasteiger partial charge in [-0.1, -0.05) is 71.1 Å². The number of allylic oxidation sites excluding steroid dienone is 2. The lowest BCUT2D eigenvalue weighted by Crippen LogP contribution is -1.99. The van der Waals surface area contributed by atoms with Crippen molar-refractivity contribution in [2.75, 3.05) is 0 Å². The molecule has 5 heteroatoms. The first kappa shape index (κ1) is 23.6. The average Bonchev–Trinajstić information content (AvgIpc) is 2.57. The van der Waals surface area contributed by atoms with Crippen LogP contribution in [0.5, 0.6) is 0 Å². The third-order valence-electron chi connectivity index (χ3n) is 4.50. The van der Waals surface area contributed by atoms with Crippen molar-refractivity contribution in [2.45, 2.75) is 110 Å². The predicted molar refractivity (Wildman–Crippen MR) is 102 cm³/mol. The SMILES string of the molecule is CCCCCCCCCC/C=C(\CCCCCCCC(=O)O)[N+](=O)[O-]. The molecule has 0 saturated heterocycles. The first-order valence-corrected chi connectivity index (χ1v) is 10.1. The fourth-order valence-corrected chi connectivity index (χ4v) is 2.93. The van der Waals surface area contributed by atoms with E-state index in [2.05, 4.69) is 6.92 Å². The van der Waals surface area contributed by atoms with Crippen LogP contribution in [0.4, 0.5) is 0 Å². The number of nitrogens with zero attached hydrogens (tertiary/aromatic N) is 1. The minimum atomic E-state index is -0.750. The second kappa shape index (κ2) is 17.4. The second-order valence-corrected chi connectivity index (χ2v) is 6.88. The smallest absolute Gasteiger partial charge is 0.303 e. The highest BCUT2D eigenvalue weighted by Crippen LogP contribution is 2.15. The lowest BCUT2D eigenvalue weighted by atomic mass is 10.1. The van der Waals surface area contributed by atoms with E-state index in [4.69, 9.17) is 5.11 Å². The molecular formula is C20H37NO4. The number of aliphatic carboxylic acids is 1. The molecule has 25 heavy (non-hydrogen) atoms. The van der Waals surface area contributed by atoms with Crippen LogP contribution in [0.25, 0.3) is 0 Å². The Kier molecular flexibility index (Phi) is 16.5. The van der Waals surface area contributed by atoms with E-state index < -0.39 is 5.97 Å². The van der Waals surface area contributed by atoms with E-state index in [1.54, 1.807) is 0 Å². The molecule has 1 N–H and O–H groups in total. The van der Waals surface area contributed by atoms with Crippen molar-refractivity contribution >= 4 is 5.97 Å².